The lowest BCUT2D eigenvalue weighted by molar-refractivity contribution is -0.141. The Morgan fingerprint density at radius 1 is 1.19 bits per heavy atom. The van der Waals surface area contributed by atoms with Gasteiger partial charge in [-0.3, -0.25) is 4.79 Å². The first-order valence-electron chi connectivity index (χ1n) is 8.01. The van der Waals surface area contributed by atoms with Gasteiger partial charge in [-0.15, -0.1) is 0 Å². The lowest BCUT2D eigenvalue weighted by Crippen LogP contribution is -2.30. The molecule has 140 valence electrons. The number of aryl methyl sites for hydroxylation is 1. The minimum absolute atomic E-state index is 0.0594. The molecule has 0 unspecified atom stereocenters. The second-order valence-electron chi connectivity index (χ2n) is 6.13. The van der Waals surface area contributed by atoms with Crippen molar-refractivity contribution in [1.29, 1.82) is 0 Å². The minimum atomic E-state index is -4.47. The van der Waals surface area contributed by atoms with Crippen LogP contribution in [0.5, 0.6) is 0 Å². The summed E-state index contributed by atoms with van der Waals surface area (Å²) in [6.45, 7) is 2.91. The number of nitrogens with zero attached hydrogens (tertiary/aromatic N) is 2. The third-order valence-corrected chi connectivity index (χ3v) is 4.01. The van der Waals surface area contributed by atoms with Crippen LogP contribution >= 0.6 is 0 Å². The number of alkyl halides is 3. The highest BCUT2D eigenvalue weighted by atomic mass is 19.4. The van der Waals surface area contributed by atoms with Crippen LogP contribution < -0.4 is 4.90 Å². The van der Waals surface area contributed by atoms with Crippen LogP contribution in [0.25, 0.3) is 0 Å². The van der Waals surface area contributed by atoms with Crippen LogP contribution in [-0.4, -0.2) is 17.6 Å². The molecule has 0 bridgehead atoms. The van der Waals surface area contributed by atoms with E-state index in [1.165, 1.54) is 17.0 Å². The van der Waals surface area contributed by atoms with Crippen molar-refractivity contribution in [2.24, 2.45) is 5.16 Å². The number of halogens is 3. The predicted molar refractivity (Wildman–Crippen MR) is 92.1 cm³/mol. The molecule has 27 heavy (non-hydrogen) atoms. The van der Waals surface area contributed by atoms with Crippen molar-refractivity contribution < 1.29 is 27.6 Å². The Labute approximate surface area is 153 Å². The number of amides is 1. The molecule has 1 heterocycles. The first kappa shape index (κ1) is 18.6. The SMILES string of the molecule is CC(=O)O/N=C1\C(=O)N(Cc2cccc(C(F)(F)F)c2)c2ccc(C)cc21. The van der Waals surface area contributed by atoms with Gasteiger partial charge in [0.25, 0.3) is 5.91 Å². The summed E-state index contributed by atoms with van der Waals surface area (Å²) in [5.41, 5.74) is 1.29. The van der Waals surface area contributed by atoms with Crippen LogP contribution in [0.15, 0.2) is 47.6 Å². The van der Waals surface area contributed by atoms with Crippen molar-refractivity contribution in [1.82, 2.24) is 0 Å². The average Bonchev–Trinajstić information content (AvgIpc) is 2.83. The first-order valence-corrected chi connectivity index (χ1v) is 8.01. The van der Waals surface area contributed by atoms with E-state index in [1.54, 1.807) is 18.2 Å². The Balaban J connectivity index is 1.99. The van der Waals surface area contributed by atoms with Crippen LogP contribution in [0.3, 0.4) is 0 Å². The van der Waals surface area contributed by atoms with Crippen LogP contribution in [0.2, 0.25) is 0 Å². The van der Waals surface area contributed by atoms with Gasteiger partial charge in [-0.05, 0) is 36.8 Å². The molecule has 0 fully saturated rings. The van der Waals surface area contributed by atoms with Crippen LogP contribution in [0, 0.1) is 6.92 Å². The highest BCUT2D eigenvalue weighted by molar-refractivity contribution is 6.54. The van der Waals surface area contributed by atoms with Gasteiger partial charge < -0.3 is 9.74 Å². The molecule has 1 aliphatic rings. The Morgan fingerprint density at radius 2 is 1.93 bits per heavy atom. The number of hydrogen-bond acceptors (Lipinski definition) is 4. The van der Waals surface area contributed by atoms with Crippen LogP contribution in [0.4, 0.5) is 18.9 Å². The van der Waals surface area contributed by atoms with E-state index in [9.17, 15) is 22.8 Å². The molecular weight excluding hydrogens is 361 g/mol. The van der Waals surface area contributed by atoms with Crippen molar-refractivity contribution in [2.75, 3.05) is 4.90 Å². The van der Waals surface area contributed by atoms with E-state index in [2.05, 4.69) is 9.99 Å². The average molecular weight is 376 g/mol. The highest BCUT2D eigenvalue weighted by Crippen LogP contribution is 2.33. The number of oxime groups is 1. The van der Waals surface area contributed by atoms with Gasteiger partial charge in [0, 0.05) is 12.5 Å². The Kier molecular flexibility index (Phi) is 4.73. The Hall–Kier alpha value is -3.16. The number of fused-ring (bicyclic) bond motifs is 1. The van der Waals surface area contributed by atoms with Gasteiger partial charge in [-0.25, -0.2) is 4.79 Å². The Bertz CT molecular complexity index is 951. The molecule has 0 radical (unpaired) electrons. The Morgan fingerprint density at radius 3 is 2.59 bits per heavy atom. The van der Waals surface area contributed by atoms with Gasteiger partial charge in [-0.1, -0.05) is 28.9 Å². The molecule has 0 spiro atoms. The molecule has 2 aromatic rings. The van der Waals surface area contributed by atoms with E-state index in [4.69, 9.17) is 0 Å². The number of anilines is 1. The molecular formula is C19H15F3N2O3. The summed E-state index contributed by atoms with van der Waals surface area (Å²) in [7, 11) is 0. The largest absolute Gasteiger partial charge is 0.416 e. The molecule has 0 N–H and O–H groups in total. The first-order chi connectivity index (χ1) is 12.7. The fraction of sp³-hybridized carbons (Fsp3) is 0.211. The van der Waals surface area contributed by atoms with Crippen molar-refractivity contribution in [3.63, 3.8) is 0 Å². The van der Waals surface area contributed by atoms with Crippen molar-refractivity contribution >= 4 is 23.3 Å². The van der Waals surface area contributed by atoms with E-state index in [0.717, 1.165) is 24.6 Å². The summed E-state index contributed by atoms with van der Waals surface area (Å²) in [5, 5.41) is 3.63. The topological polar surface area (TPSA) is 59.0 Å². The van der Waals surface area contributed by atoms with E-state index in [0.29, 0.717) is 16.8 Å². The second kappa shape index (κ2) is 6.86. The fourth-order valence-electron chi connectivity index (χ4n) is 2.81. The molecule has 1 amide bonds. The normalized spacial score (nSPS) is 15.2. The standard InChI is InChI=1S/C19H15F3N2O3/c1-11-6-7-16-15(8-11)17(23-27-12(2)25)18(26)24(16)10-13-4-3-5-14(9-13)19(20,21)22/h3-9H,10H2,1-2H3/b23-17-. The number of carbonyl (C=O) groups is 2. The number of benzene rings is 2. The smallest absolute Gasteiger partial charge is 0.318 e. The van der Waals surface area contributed by atoms with E-state index < -0.39 is 23.6 Å². The van der Waals surface area contributed by atoms with Crippen molar-refractivity contribution in [2.45, 2.75) is 26.6 Å². The van der Waals surface area contributed by atoms with Gasteiger partial charge in [0.05, 0.1) is 17.8 Å². The maximum atomic E-state index is 12.9. The molecule has 2 aromatic carbocycles. The monoisotopic (exact) mass is 376 g/mol. The summed E-state index contributed by atoms with van der Waals surface area (Å²) < 4.78 is 38.8. The maximum absolute atomic E-state index is 12.9. The minimum Gasteiger partial charge on any atom is -0.318 e. The zero-order chi connectivity index (χ0) is 19.8. The van der Waals surface area contributed by atoms with Gasteiger partial charge in [0.15, 0.2) is 5.71 Å². The zero-order valence-electron chi connectivity index (χ0n) is 14.5. The summed E-state index contributed by atoms with van der Waals surface area (Å²) >= 11 is 0. The van der Waals surface area contributed by atoms with Gasteiger partial charge >= 0.3 is 12.1 Å². The molecule has 3 rings (SSSR count). The summed E-state index contributed by atoms with van der Waals surface area (Å²) in [5.74, 6) is -1.23. The van der Waals surface area contributed by atoms with Gasteiger partial charge in [0.1, 0.15) is 0 Å². The predicted octanol–water partition coefficient (Wildman–Crippen LogP) is 3.83. The second-order valence-corrected chi connectivity index (χ2v) is 6.13. The number of rotatable bonds is 3. The zero-order valence-corrected chi connectivity index (χ0v) is 14.5. The van der Waals surface area contributed by atoms with Gasteiger partial charge in [-0.2, -0.15) is 13.2 Å². The molecule has 1 aliphatic heterocycles. The maximum Gasteiger partial charge on any atom is 0.416 e. The number of carbonyl (C=O) groups excluding carboxylic acids is 2. The molecule has 0 saturated heterocycles. The van der Waals surface area contributed by atoms with Crippen LogP contribution in [0.1, 0.15) is 29.2 Å². The quantitative estimate of drug-likeness (QED) is 0.604. The molecule has 0 aromatic heterocycles. The molecule has 0 aliphatic carbocycles. The molecule has 0 saturated carbocycles. The third kappa shape index (κ3) is 3.84. The van der Waals surface area contributed by atoms with Gasteiger partial charge in [0.2, 0.25) is 0 Å². The van der Waals surface area contributed by atoms with Crippen molar-refractivity contribution in [3.8, 4) is 0 Å². The summed E-state index contributed by atoms with van der Waals surface area (Å²) in [6, 6.07) is 9.96. The van der Waals surface area contributed by atoms with Crippen LogP contribution in [-0.2, 0) is 27.1 Å². The lowest BCUT2D eigenvalue weighted by Gasteiger charge is -2.18. The molecule has 8 heteroatoms. The fourth-order valence-corrected chi connectivity index (χ4v) is 2.81. The number of hydrogen-bond donors (Lipinski definition) is 0. The lowest BCUT2D eigenvalue weighted by atomic mass is 10.1. The van der Waals surface area contributed by atoms with E-state index in [1.807, 2.05) is 6.92 Å². The molecule has 0 atom stereocenters. The summed E-state index contributed by atoms with van der Waals surface area (Å²) in [6.07, 6.45) is -4.47. The van der Waals surface area contributed by atoms with E-state index >= 15 is 0 Å². The van der Waals surface area contributed by atoms with Crippen molar-refractivity contribution in [3.05, 3.63) is 64.7 Å². The highest BCUT2D eigenvalue weighted by Gasteiger charge is 2.36. The molecule has 5 nitrogen and oxygen atoms in total. The summed E-state index contributed by atoms with van der Waals surface area (Å²) in [4.78, 5) is 29.7. The van der Waals surface area contributed by atoms with E-state index in [-0.39, 0.29) is 12.3 Å². The third-order valence-electron chi connectivity index (χ3n) is 4.01.